The standard InChI is InChI=1S/C13H15NO4/c1-3-14-7-8(12(15)13(16)17)11-9(14)5-4-6-10(11)18-2/h4-7,12,15H,3H2,1-2H3,(H,16,17). The summed E-state index contributed by atoms with van der Waals surface area (Å²) < 4.78 is 7.13. The quantitative estimate of drug-likeness (QED) is 0.866. The van der Waals surface area contributed by atoms with Crippen molar-refractivity contribution < 1.29 is 19.7 Å². The fourth-order valence-electron chi connectivity index (χ4n) is 2.12. The van der Waals surface area contributed by atoms with E-state index in [0.29, 0.717) is 23.2 Å². The maximum Gasteiger partial charge on any atom is 0.337 e. The van der Waals surface area contributed by atoms with E-state index in [9.17, 15) is 9.90 Å². The Morgan fingerprint density at radius 3 is 2.78 bits per heavy atom. The van der Waals surface area contributed by atoms with Crippen LogP contribution in [0.25, 0.3) is 10.9 Å². The molecule has 1 aromatic carbocycles. The van der Waals surface area contributed by atoms with Crippen LogP contribution in [0.2, 0.25) is 0 Å². The molecule has 0 fully saturated rings. The zero-order valence-corrected chi connectivity index (χ0v) is 10.3. The highest BCUT2D eigenvalue weighted by Gasteiger charge is 2.23. The van der Waals surface area contributed by atoms with Crippen LogP contribution in [0.1, 0.15) is 18.6 Å². The van der Waals surface area contributed by atoms with Gasteiger partial charge in [-0.3, -0.25) is 0 Å². The second kappa shape index (κ2) is 4.70. The van der Waals surface area contributed by atoms with E-state index in [1.54, 1.807) is 12.3 Å². The number of ether oxygens (including phenoxy) is 1. The van der Waals surface area contributed by atoms with Crippen LogP contribution in [-0.2, 0) is 11.3 Å². The number of nitrogens with zero attached hydrogens (tertiary/aromatic N) is 1. The molecule has 96 valence electrons. The predicted octanol–water partition coefficient (Wildman–Crippen LogP) is 1.79. The van der Waals surface area contributed by atoms with Crippen LogP contribution in [0, 0.1) is 0 Å². The lowest BCUT2D eigenvalue weighted by molar-refractivity contribution is -0.146. The molecule has 18 heavy (non-hydrogen) atoms. The molecule has 2 N–H and O–H groups in total. The molecule has 2 aromatic rings. The molecule has 1 atom stereocenters. The Balaban J connectivity index is 2.76. The molecular weight excluding hydrogens is 234 g/mol. The van der Waals surface area contributed by atoms with Gasteiger partial charge >= 0.3 is 5.97 Å². The van der Waals surface area contributed by atoms with Crippen LogP contribution in [0.4, 0.5) is 0 Å². The topological polar surface area (TPSA) is 71.7 Å². The second-order valence-corrected chi connectivity index (χ2v) is 3.97. The monoisotopic (exact) mass is 249 g/mol. The number of carboxylic acids is 1. The number of aliphatic carboxylic acids is 1. The average Bonchev–Trinajstić information content (AvgIpc) is 2.76. The Labute approximate surface area is 104 Å². The zero-order chi connectivity index (χ0) is 13.3. The van der Waals surface area contributed by atoms with Gasteiger partial charge in [-0.2, -0.15) is 0 Å². The predicted molar refractivity (Wildman–Crippen MR) is 66.8 cm³/mol. The van der Waals surface area contributed by atoms with Gasteiger partial charge in [-0.05, 0) is 19.1 Å². The number of rotatable bonds is 4. The maximum atomic E-state index is 10.9. The van der Waals surface area contributed by atoms with Crippen molar-refractivity contribution in [2.24, 2.45) is 0 Å². The minimum atomic E-state index is -1.54. The average molecular weight is 249 g/mol. The lowest BCUT2D eigenvalue weighted by Gasteiger charge is -2.07. The van der Waals surface area contributed by atoms with E-state index in [0.717, 1.165) is 5.52 Å². The zero-order valence-electron chi connectivity index (χ0n) is 10.3. The fourth-order valence-corrected chi connectivity index (χ4v) is 2.12. The minimum Gasteiger partial charge on any atom is -0.496 e. The second-order valence-electron chi connectivity index (χ2n) is 3.97. The third-order valence-electron chi connectivity index (χ3n) is 2.99. The smallest absolute Gasteiger partial charge is 0.337 e. The highest BCUT2D eigenvalue weighted by Crippen LogP contribution is 2.34. The Morgan fingerprint density at radius 2 is 2.22 bits per heavy atom. The molecule has 2 rings (SSSR count). The van der Waals surface area contributed by atoms with Crippen molar-refractivity contribution in [3.63, 3.8) is 0 Å². The number of methoxy groups -OCH3 is 1. The molecule has 1 unspecified atom stereocenters. The number of aromatic nitrogens is 1. The molecule has 0 radical (unpaired) electrons. The van der Waals surface area contributed by atoms with Gasteiger partial charge in [0.25, 0.3) is 0 Å². The molecule has 1 heterocycles. The van der Waals surface area contributed by atoms with Gasteiger partial charge in [0.1, 0.15) is 5.75 Å². The van der Waals surface area contributed by atoms with Crippen molar-refractivity contribution in [1.82, 2.24) is 4.57 Å². The van der Waals surface area contributed by atoms with E-state index < -0.39 is 12.1 Å². The highest BCUT2D eigenvalue weighted by molar-refractivity contribution is 5.93. The molecule has 0 spiro atoms. The first-order chi connectivity index (χ1) is 8.60. The summed E-state index contributed by atoms with van der Waals surface area (Å²) in [5.74, 6) is -0.703. The molecule has 1 aromatic heterocycles. The summed E-state index contributed by atoms with van der Waals surface area (Å²) in [6.45, 7) is 2.64. The first-order valence-corrected chi connectivity index (χ1v) is 5.66. The largest absolute Gasteiger partial charge is 0.496 e. The summed E-state index contributed by atoms with van der Waals surface area (Å²) in [4.78, 5) is 10.9. The summed E-state index contributed by atoms with van der Waals surface area (Å²) in [6, 6.07) is 5.46. The van der Waals surface area contributed by atoms with Crippen molar-refractivity contribution in [2.45, 2.75) is 19.6 Å². The molecule has 0 aliphatic carbocycles. The van der Waals surface area contributed by atoms with Gasteiger partial charge in [0.2, 0.25) is 0 Å². The van der Waals surface area contributed by atoms with E-state index >= 15 is 0 Å². The van der Waals surface area contributed by atoms with Crippen LogP contribution in [0.3, 0.4) is 0 Å². The molecule has 0 aliphatic rings. The van der Waals surface area contributed by atoms with Crippen LogP contribution in [0.5, 0.6) is 5.75 Å². The van der Waals surface area contributed by atoms with E-state index in [1.165, 1.54) is 7.11 Å². The summed E-state index contributed by atoms with van der Waals surface area (Å²) >= 11 is 0. The normalized spacial score (nSPS) is 12.6. The Bertz CT molecular complexity index is 588. The van der Waals surface area contributed by atoms with Crippen LogP contribution < -0.4 is 4.74 Å². The van der Waals surface area contributed by atoms with Gasteiger partial charge in [0, 0.05) is 23.7 Å². The Kier molecular flexibility index (Phi) is 3.25. The van der Waals surface area contributed by atoms with Crippen molar-refractivity contribution in [2.75, 3.05) is 7.11 Å². The lowest BCUT2D eigenvalue weighted by atomic mass is 10.1. The molecule has 0 amide bonds. The van der Waals surface area contributed by atoms with Crippen LogP contribution in [0.15, 0.2) is 24.4 Å². The van der Waals surface area contributed by atoms with Crippen LogP contribution in [-0.4, -0.2) is 27.9 Å². The molecular formula is C13H15NO4. The highest BCUT2D eigenvalue weighted by atomic mass is 16.5. The number of aliphatic hydroxyl groups is 1. The number of carbonyl (C=O) groups is 1. The minimum absolute atomic E-state index is 0.358. The number of aliphatic hydroxyl groups excluding tert-OH is 1. The maximum absolute atomic E-state index is 10.9. The molecule has 0 bridgehead atoms. The van der Waals surface area contributed by atoms with Gasteiger partial charge in [-0.1, -0.05) is 6.07 Å². The molecule has 0 saturated heterocycles. The van der Waals surface area contributed by atoms with Crippen molar-refractivity contribution in [3.05, 3.63) is 30.0 Å². The summed E-state index contributed by atoms with van der Waals surface area (Å²) in [5.41, 5.74) is 1.21. The first kappa shape index (κ1) is 12.4. The molecule has 0 saturated carbocycles. The Morgan fingerprint density at radius 1 is 1.50 bits per heavy atom. The van der Waals surface area contributed by atoms with E-state index in [4.69, 9.17) is 9.84 Å². The number of benzene rings is 1. The van der Waals surface area contributed by atoms with E-state index in [1.807, 2.05) is 23.6 Å². The van der Waals surface area contributed by atoms with Crippen molar-refractivity contribution >= 4 is 16.9 Å². The van der Waals surface area contributed by atoms with Gasteiger partial charge in [0.05, 0.1) is 12.6 Å². The first-order valence-electron chi connectivity index (χ1n) is 5.66. The van der Waals surface area contributed by atoms with Crippen molar-refractivity contribution in [1.29, 1.82) is 0 Å². The lowest BCUT2D eigenvalue weighted by Crippen LogP contribution is -2.10. The summed E-state index contributed by atoms with van der Waals surface area (Å²) in [5, 5.41) is 19.3. The molecule has 5 heteroatoms. The Hall–Kier alpha value is -2.01. The fraction of sp³-hybridized carbons (Fsp3) is 0.308. The van der Waals surface area contributed by atoms with E-state index in [-0.39, 0.29) is 0 Å². The van der Waals surface area contributed by atoms with Gasteiger partial charge < -0.3 is 19.5 Å². The van der Waals surface area contributed by atoms with Gasteiger partial charge in [-0.25, -0.2) is 4.79 Å². The molecule has 0 aliphatic heterocycles. The number of aryl methyl sites for hydroxylation is 1. The number of carboxylic acid groups (broad SMARTS) is 1. The third kappa shape index (κ3) is 1.82. The van der Waals surface area contributed by atoms with Crippen molar-refractivity contribution in [3.8, 4) is 5.75 Å². The van der Waals surface area contributed by atoms with Gasteiger partial charge in [-0.15, -0.1) is 0 Å². The van der Waals surface area contributed by atoms with Crippen LogP contribution >= 0.6 is 0 Å². The number of fused-ring (bicyclic) bond motifs is 1. The SMILES string of the molecule is CCn1cc(C(O)C(=O)O)c2c(OC)cccc21. The van der Waals surface area contributed by atoms with E-state index in [2.05, 4.69) is 0 Å². The summed E-state index contributed by atoms with van der Waals surface area (Å²) in [7, 11) is 1.52. The third-order valence-corrected chi connectivity index (χ3v) is 2.99. The number of hydrogen-bond donors (Lipinski definition) is 2. The number of hydrogen-bond acceptors (Lipinski definition) is 3. The van der Waals surface area contributed by atoms with Gasteiger partial charge in [0.15, 0.2) is 6.10 Å². The molecule has 5 nitrogen and oxygen atoms in total. The summed E-state index contributed by atoms with van der Waals surface area (Å²) in [6.07, 6.45) is 0.114.